The second-order valence-electron chi connectivity index (χ2n) is 6.67. The highest BCUT2D eigenvalue weighted by Crippen LogP contribution is 2.43. The summed E-state index contributed by atoms with van der Waals surface area (Å²) in [4.78, 5) is 1.54. The van der Waals surface area contributed by atoms with Gasteiger partial charge in [0.25, 0.3) is 0 Å². The molecule has 3 heteroatoms. The summed E-state index contributed by atoms with van der Waals surface area (Å²) in [6.45, 7) is 9.38. The summed E-state index contributed by atoms with van der Waals surface area (Å²) in [6, 6.07) is 2.30. The van der Waals surface area contributed by atoms with E-state index in [0.717, 1.165) is 18.4 Å². The zero-order chi connectivity index (χ0) is 13.9. The predicted molar refractivity (Wildman–Crippen MR) is 88.9 cm³/mol. The highest BCUT2D eigenvalue weighted by Gasteiger charge is 2.34. The minimum atomic E-state index is 0.530. The van der Waals surface area contributed by atoms with Gasteiger partial charge in [-0.3, -0.25) is 0 Å². The molecular formula is C16H26BrNS. The van der Waals surface area contributed by atoms with E-state index in [9.17, 15) is 0 Å². The molecule has 0 aliphatic heterocycles. The number of thiophene rings is 1. The van der Waals surface area contributed by atoms with Crippen molar-refractivity contribution in [2.24, 2.45) is 17.3 Å². The number of halogens is 1. The van der Waals surface area contributed by atoms with Gasteiger partial charge in [0, 0.05) is 14.7 Å². The molecule has 0 saturated heterocycles. The van der Waals surface area contributed by atoms with Crippen molar-refractivity contribution in [1.29, 1.82) is 0 Å². The maximum atomic E-state index is 3.57. The summed E-state index contributed by atoms with van der Waals surface area (Å²) >= 11 is 5.48. The molecule has 1 heterocycles. The first kappa shape index (κ1) is 15.5. The Morgan fingerprint density at radius 3 is 2.84 bits per heavy atom. The fourth-order valence-corrected chi connectivity index (χ4v) is 4.89. The molecular weight excluding hydrogens is 318 g/mol. The van der Waals surface area contributed by atoms with Gasteiger partial charge >= 0.3 is 0 Å². The molecule has 0 radical (unpaired) electrons. The van der Waals surface area contributed by atoms with E-state index in [1.54, 1.807) is 0 Å². The summed E-state index contributed by atoms with van der Waals surface area (Å²) < 4.78 is 1.24. The van der Waals surface area contributed by atoms with Gasteiger partial charge in [-0.05, 0) is 78.0 Å². The Kier molecular flexibility index (Phi) is 5.50. The molecule has 0 amide bonds. The van der Waals surface area contributed by atoms with Crippen LogP contribution in [0.1, 0.15) is 44.9 Å². The van der Waals surface area contributed by atoms with Gasteiger partial charge in [-0.1, -0.05) is 20.8 Å². The van der Waals surface area contributed by atoms with E-state index in [0.29, 0.717) is 5.41 Å². The third-order valence-electron chi connectivity index (χ3n) is 4.42. The first-order valence-corrected chi connectivity index (χ1v) is 9.11. The van der Waals surface area contributed by atoms with Crippen molar-refractivity contribution in [2.45, 2.75) is 46.5 Å². The molecule has 2 atom stereocenters. The van der Waals surface area contributed by atoms with E-state index in [1.165, 1.54) is 41.6 Å². The van der Waals surface area contributed by atoms with E-state index in [2.05, 4.69) is 53.5 Å². The summed E-state index contributed by atoms with van der Waals surface area (Å²) in [7, 11) is 0. The Morgan fingerprint density at radius 1 is 1.42 bits per heavy atom. The quantitative estimate of drug-likeness (QED) is 0.783. The van der Waals surface area contributed by atoms with Gasteiger partial charge in [-0.15, -0.1) is 11.3 Å². The number of rotatable bonds is 5. The lowest BCUT2D eigenvalue weighted by Crippen LogP contribution is -2.36. The molecule has 1 aromatic rings. The highest BCUT2D eigenvalue weighted by atomic mass is 79.9. The number of nitrogens with one attached hydrogen (secondary N) is 1. The zero-order valence-corrected chi connectivity index (χ0v) is 14.7. The van der Waals surface area contributed by atoms with Crippen molar-refractivity contribution in [1.82, 2.24) is 5.32 Å². The first-order valence-electron chi connectivity index (χ1n) is 7.44. The largest absolute Gasteiger partial charge is 0.317 e. The maximum absolute atomic E-state index is 3.57. The van der Waals surface area contributed by atoms with Gasteiger partial charge in [0.05, 0.1) is 0 Å². The van der Waals surface area contributed by atoms with Crippen LogP contribution in [0.5, 0.6) is 0 Å². The van der Waals surface area contributed by atoms with E-state index in [4.69, 9.17) is 0 Å². The molecule has 1 aromatic heterocycles. The molecule has 108 valence electrons. The van der Waals surface area contributed by atoms with Crippen molar-refractivity contribution in [3.8, 4) is 0 Å². The second-order valence-corrected chi connectivity index (χ2v) is 8.58. The van der Waals surface area contributed by atoms with E-state index in [1.807, 2.05) is 11.3 Å². The molecule has 1 N–H and O–H groups in total. The van der Waals surface area contributed by atoms with Crippen LogP contribution in [-0.2, 0) is 6.42 Å². The van der Waals surface area contributed by atoms with E-state index < -0.39 is 0 Å². The molecule has 1 aliphatic carbocycles. The van der Waals surface area contributed by atoms with Crippen LogP contribution >= 0.6 is 27.3 Å². The molecule has 1 saturated carbocycles. The van der Waals surface area contributed by atoms with E-state index in [-0.39, 0.29) is 0 Å². The van der Waals surface area contributed by atoms with E-state index >= 15 is 0 Å². The van der Waals surface area contributed by atoms with Crippen LogP contribution in [0, 0.1) is 17.3 Å². The highest BCUT2D eigenvalue weighted by molar-refractivity contribution is 9.10. The fraction of sp³-hybridized carbons (Fsp3) is 0.750. The van der Waals surface area contributed by atoms with Crippen molar-refractivity contribution >= 4 is 27.3 Å². The zero-order valence-electron chi connectivity index (χ0n) is 12.3. The van der Waals surface area contributed by atoms with Crippen LogP contribution in [-0.4, -0.2) is 13.1 Å². The molecule has 0 bridgehead atoms. The van der Waals surface area contributed by atoms with Crippen molar-refractivity contribution in [2.75, 3.05) is 13.1 Å². The summed E-state index contributed by atoms with van der Waals surface area (Å²) in [5, 5.41) is 5.77. The van der Waals surface area contributed by atoms with Crippen LogP contribution in [0.2, 0.25) is 0 Å². The lowest BCUT2D eigenvalue weighted by atomic mass is 9.66. The van der Waals surface area contributed by atoms with Crippen molar-refractivity contribution in [3.63, 3.8) is 0 Å². The Morgan fingerprint density at radius 2 is 2.21 bits per heavy atom. The Hall–Kier alpha value is 0.140. The van der Waals surface area contributed by atoms with Crippen LogP contribution in [0.15, 0.2) is 15.9 Å². The smallest absolute Gasteiger partial charge is 0.0285 e. The molecule has 0 aromatic carbocycles. The van der Waals surface area contributed by atoms with Crippen molar-refractivity contribution < 1.29 is 0 Å². The minimum absolute atomic E-state index is 0.530. The Balaban J connectivity index is 2.02. The van der Waals surface area contributed by atoms with Crippen LogP contribution in [0.3, 0.4) is 0 Å². The maximum Gasteiger partial charge on any atom is 0.0285 e. The molecule has 0 spiro atoms. The average molecular weight is 344 g/mol. The monoisotopic (exact) mass is 343 g/mol. The Bertz CT molecular complexity index is 399. The standard InChI is InChI=1S/C16H26BrNS/c1-4-18-10-12-5-6-16(2,3)9-13(12)7-15-8-14(17)11-19-15/h8,11-13,18H,4-7,9-10H2,1-3H3. The van der Waals surface area contributed by atoms with Crippen molar-refractivity contribution in [3.05, 3.63) is 20.8 Å². The third kappa shape index (κ3) is 4.57. The van der Waals surface area contributed by atoms with Gasteiger partial charge in [0.15, 0.2) is 0 Å². The molecule has 2 unspecified atom stereocenters. The first-order chi connectivity index (χ1) is 9.00. The normalized spacial score (nSPS) is 26.5. The third-order valence-corrected chi connectivity index (χ3v) is 6.13. The SMILES string of the molecule is CCNCC1CCC(C)(C)CC1Cc1cc(Br)cs1. The Labute approximate surface area is 130 Å². The van der Waals surface area contributed by atoms with Gasteiger partial charge in [0.1, 0.15) is 0 Å². The van der Waals surface area contributed by atoms with Gasteiger partial charge in [0.2, 0.25) is 0 Å². The minimum Gasteiger partial charge on any atom is -0.317 e. The van der Waals surface area contributed by atoms with Gasteiger partial charge in [-0.25, -0.2) is 0 Å². The van der Waals surface area contributed by atoms with Gasteiger partial charge < -0.3 is 5.32 Å². The molecule has 1 nitrogen and oxygen atoms in total. The van der Waals surface area contributed by atoms with Crippen LogP contribution in [0.25, 0.3) is 0 Å². The topological polar surface area (TPSA) is 12.0 Å². The summed E-state index contributed by atoms with van der Waals surface area (Å²) in [5.74, 6) is 1.70. The molecule has 19 heavy (non-hydrogen) atoms. The van der Waals surface area contributed by atoms with Crippen LogP contribution < -0.4 is 5.32 Å². The molecule has 1 aliphatic rings. The second kappa shape index (κ2) is 6.73. The van der Waals surface area contributed by atoms with Gasteiger partial charge in [-0.2, -0.15) is 0 Å². The average Bonchev–Trinajstić information content (AvgIpc) is 2.73. The fourth-order valence-electron chi connectivity index (χ4n) is 3.35. The lowest BCUT2D eigenvalue weighted by Gasteiger charge is -2.41. The summed E-state index contributed by atoms with van der Waals surface area (Å²) in [6.07, 6.45) is 5.40. The van der Waals surface area contributed by atoms with Crippen LogP contribution in [0.4, 0.5) is 0 Å². The number of hydrogen-bond acceptors (Lipinski definition) is 2. The number of hydrogen-bond donors (Lipinski definition) is 1. The molecule has 2 rings (SSSR count). The lowest BCUT2D eigenvalue weighted by molar-refractivity contribution is 0.117. The summed E-state index contributed by atoms with van der Waals surface area (Å²) in [5.41, 5.74) is 0.530. The molecule has 1 fully saturated rings. The predicted octanol–water partition coefficient (Wildman–Crippen LogP) is 5.11.